The summed E-state index contributed by atoms with van der Waals surface area (Å²) in [6.45, 7) is 4.97. The van der Waals surface area contributed by atoms with E-state index in [0.29, 0.717) is 0 Å². The first kappa shape index (κ1) is 16.1. The highest BCUT2D eigenvalue weighted by atomic mass is 28.4. The standard InChI is InChI=1S/C11H14F5NOSi/c1-4-18-19(2,3)11(17)5-6(12)8(14)10(16)9(15)7(5)13/h11H,4,17H2,1-3H3. The maximum atomic E-state index is 13.6. The molecule has 0 aliphatic heterocycles. The van der Waals surface area contributed by atoms with Gasteiger partial charge in [-0.1, -0.05) is 0 Å². The van der Waals surface area contributed by atoms with Gasteiger partial charge < -0.3 is 10.2 Å². The lowest BCUT2D eigenvalue weighted by Crippen LogP contribution is -2.44. The Morgan fingerprint density at radius 3 is 1.68 bits per heavy atom. The monoisotopic (exact) mass is 299 g/mol. The zero-order chi connectivity index (χ0) is 15.0. The van der Waals surface area contributed by atoms with Crippen molar-refractivity contribution in [3.8, 4) is 0 Å². The van der Waals surface area contributed by atoms with E-state index in [4.69, 9.17) is 10.2 Å². The fourth-order valence-electron chi connectivity index (χ4n) is 1.70. The third kappa shape index (κ3) is 2.80. The van der Waals surface area contributed by atoms with Crippen molar-refractivity contribution in [1.29, 1.82) is 0 Å². The van der Waals surface area contributed by atoms with E-state index < -0.39 is 48.6 Å². The normalized spacial score (nSPS) is 13.7. The molecule has 1 atom stereocenters. The molecular formula is C11H14F5NOSi. The van der Waals surface area contributed by atoms with Crippen LogP contribution in [0.5, 0.6) is 0 Å². The van der Waals surface area contributed by atoms with E-state index in [1.165, 1.54) is 0 Å². The molecule has 0 heterocycles. The molecule has 0 aliphatic rings. The summed E-state index contributed by atoms with van der Waals surface area (Å²) in [4.78, 5) is 0. The second-order valence-electron chi connectivity index (χ2n) is 4.50. The van der Waals surface area contributed by atoms with Gasteiger partial charge in [0, 0.05) is 12.2 Å². The summed E-state index contributed by atoms with van der Waals surface area (Å²) in [6.07, 6.45) is 0. The molecule has 0 saturated heterocycles. The summed E-state index contributed by atoms with van der Waals surface area (Å²) in [6, 6.07) is 0. The molecule has 1 unspecified atom stereocenters. The summed E-state index contributed by atoms with van der Waals surface area (Å²) in [5, 5.41) is 0. The molecule has 1 rings (SSSR count). The average Bonchev–Trinajstić information content (AvgIpc) is 2.34. The van der Waals surface area contributed by atoms with Gasteiger partial charge in [0.1, 0.15) is 0 Å². The van der Waals surface area contributed by atoms with E-state index in [1.54, 1.807) is 20.0 Å². The molecular weight excluding hydrogens is 285 g/mol. The lowest BCUT2D eigenvalue weighted by Gasteiger charge is -2.29. The Morgan fingerprint density at radius 1 is 0.947 bits per heavy atom. The molecule has 2 N–H and O–H groups in total. The number of benzene rings is 1. The molecule has 0 aromatic heterocycles. The van der Waals surface area contributed by atoms with Gasteiger partial charge in [-0.3, -0.25) is 0 Å². The van der Waals surface area contributed by atoms with Gasteiger partial charge in [0.25, 0.3) is 0 Å². The van der Waals surface area contributed by atoms with Crippen molar-refractivity contribution in [2.75, 3.05) is 6.61 Å². The van der Waals surface area contributed by atoms with E-state index in [-0.39, 0.29) is 6.61 Å². The Labute approximate surface area is 108 Å². The minimum atomic E-state index is -2.83. The molecule has 0 spiro atoms. The molecule has 108 valence electrons. The molecule has 0 bridgehead atoms. The highest BCUT2D eigenvalue weighted by molar-refractivity contribution is 6.72. The number of hydrogen-bond acceptors (Lipinski definition) is 2. The fraction of sp³-hybridized carbons (Fsp3) is 0.455. The second kappa shape index (κ2) is 5.56. The third-order valence-electron chi connectivity index (χ3n) is 2.82. The lowest BCUT2D eigenvalue weighted by molar-refractivity contribution is 0.315. The molecule has 19 heavy (non-hydrogen) atoms. The van der Waals surface area contributed by atoms with Crippen LogP contribution in [0, 0.1) is 29.1 Å². The maximum Gasteiger partial charge on any atom is 0.207 e. The van der Waals surface area contributed by atoms with Gasteiger partial charge in [0.15, 0.2) is 23.3 Å². The Bertz CT molecular complexity index is 465. The zero-order valence-electron chi connectivity index (χ0n) is 10.7. The van der Waals surface area contributed by atoms with Crippen LogP contribution in [0.3, 0.4) is 0 Å². The van der Waals surface area contributed by atoms with Gasteiger partial charge in [-0.2, -0.15) is 0 Å². The Morgan fingerprint density at radius 2 is 1.32 bits per heavy atom. The molecule has 2 nitrogen and oxygen atoms in total. The van der Waals surface area contributed by atoms with Gasteiger partial charge >= 0.3 is 0 Å². The highest BCUT2D eigenvalue weighted by Gasteiger charge is 2.38. The molecule has 0 saturated carbocycles. The predicted octanol–water partition coefficient (Wildman–Crippen LogP) is 3.16. The van der Waals surface area contributed by atoms with Crippen LogP contribution in [0.25, 0.3) is 0 Å². The fourth-order valence-corrected chi connectivity index (χ4v) is 3.58. The molecule has 0 aliphatic carbocycles. The van der Waals surface area contributed by atoms with E-state index in [1.807, 2.05) is 0 Å². The summed E-state index contributed by atoms with van der Waals surface area (Å²) in [5.41, 5.74) is 3.27. The van der Waals surface area contributed by atoms with Crippen molar-refractivity contribution in [3.63, 3.8) is 0 Å². The van der Waals surface area contributed by atoms with Crippen molar-refractivity contribution in [2.45, 2.75) is 25.7 Å². The molecule has 0 radical (unpaired) electrons. The van der Waals surface area contributed by atoms with E-state index >= 15 is 0 Å². The van der Waals surface area contributed by atoms with E-state index in [9.17, 15) is 22.0 Å². The first-order chi connectivity index (χ1) is 8.65. The summed E-state index contributed by atoms with van der Waals surface area (Å²) < 4.78 is 71.6. The number of rotatable bonds is 4. The number of hydrogen-bond donors (Lipinski definition) is 1. The summed E-state index contributed by atoms with van der Waals surface area (Å²) in [7, 11) is -2.83. The van der Waals surface area contributed by atoms with Crippen molar-refractivity contribution in [3.05, 3.63) is 34.6 Å². The zero-order valence-corrected chi connectivity index (χ0v) is 11.7. The topological polar surface area (TPSA) is 35.2 Å². The van der Waals surface area contributed by atoms with Crippen LogP contribution in [0.4, 0.5) is 22.0 Å². The van der Waals surface area contributed by atoms with Gasteiger partial charge in [-0.05, 0) is 20.0 Å². The minimum absolute atomic E-state index is 0.238. The van der Waals surface area contributed by atoms with Crippen molar-refractivity contribution in [1.82, 2.24) is 0 Å². The predicted molar refractivity (Wildman–Crippen MR) is 62.3 cm³/mol. The van der Waals surface area contributed by atoms with Crippen LogP contribution < -0.4 is 5.73 Å². The summed E-state index contributed by atoms with van der Waals surface area (Å²) >= 11 is 0. The van der Waals surface area contributed by atoms with E-state index in [2.05, 4.69) is 0 Å². The summed E-state index contributed by atoms with van der Waals surface area (Å²) in [5.74, 6) is -9.98. The van der Waals surface area contributed by atoms with Crippen LogP contribution >= 0.6 is 0 Å². The van der Waals surface area contributed by atoms with Crippen molar-refractivity contribution in [2.24, 2.45) is 5.73 Å². The van der Waals surface area contributed by atoms with Crippen molar-refractivity contribution >= 4 is 8.32 Å². The Balaban J connectivity index is 3.43. The van der Waals surface area contributed by atoms with Crippen LogP contribution in [-0.4, -0.2) is 14.9 Å². The van der Waals surface area contributed by atoms with Crippen molar-refractivity contribution < 1.29 is 26.4 Å². The quantitative estimate of drug-likeness (QED) is 0.401. The van der Waals surface area contributed by atoms with Gasteiger partial charge in [-0.25, -0.2) is 22.0 Å². The molecule has 0 fully saturated rings. The minimum Gasteiger partial charge on any atom is -0.416 e. The lowest BCUT2D eigenvalue weighted by atomic mass is 10.1. The number of nitrogens with two attached hydrogens (primary N) is 1. The maximum absolute atomic E-state index is 13.6. The molecule has 1 aromatic rings. The van der Waals surface area contributed by atoms with Crippen LogP contribution in [-0.2, 0) is 4.43 Å². The van der Waals surface area contributed by atoms with E-state index in [0.717, 1.165) is 0 Å². The van der Waals surface area contributed by atoms with Gasteiger partial charge in [-0.15, -0.1) is 0 Å². The van der Waals surface area contributed by atoms with Crippen LogP contribution in [0.1, 0.15) is 18.2 Å². The highest BCUT2D eigenvalue weighted by Crippen LogP contribution is 2.31. The Kier molecular flexibility index (Phi) is 4.70. The van der Waals surface area contributed by atoms with Gasteiger partial charge in [0.05, 0.1) is 5.67 Å². The van der Waals surface area contributed by atoms with Crippen LogP contribution in [0.15, 0.2) is 0 Å². The SMILES string of the molecule is CCO[Si](C)(C)C(N)c1c(F)c(F)c(F)c(F)c1F. The first-order valence-corrected chi connectivity index (χ1v) is 8.54. The first-order valence-electron chi connectivity index (χ1n) is 5.56. The smallest absolute Gasteiger partial charge is 0.207 e. The third-order valence-corrected chi connectivity index (χ3v) is 5.64. The molecule has 0 amide bonds. The molecule has 8 heteroatoms. The largest absolute Gasteiger partial charge is 0.416 e. The Hall–Kier alpha value is -0.993. The molecule has 1 aromatic carbocycles. The van der Waals surface area contributed by atoms with Gasteiger partial charge in [0.2, 0.25) is 14.1 Å². The average molecular weight is 299 g/mol. The van der Waals surface area contributed by atoms with Crippen LogP contribution in [0.2, 0.25) is 13.1 Å². The second-order valence-corrected chi connectivity index (χ2v) is 8.62. The number of halogens is 5.